The van der Waals surface area contributed by atoms with Gasteiger partial charge < -0.3 is 15.4 Å². The van der Waals surface area contributed by atoms with Crippen molar-refractivity contribution in [2.24, 2.45) is 0 Å². The van der Waals surface area contributed by atoms with E-state index in [0.29, 0.717) is 12.1 Å². The zero-order valence-electron chi connectivity index (χ0n) is 10.4. The number of aromatic nitrogens is 1. The van der Waals surface area contributed by atoms with E-state index in [1.54, 1.807) is 0 Å². The fourth-order valence-electron chi connectivity index (χ4n) is 1.97. The van der Waals surface area contributed by atoms with E-state index in [2.05, 4.69) is 10.3 Å². The lowest BCUT2D eigenvalue weighted by Crippen LogP contribution is -2.32. The van der Waals surface area contributed by atoms with Gasteiger partial charge in [-0.05, 0) is 31.9 Å². The van der Waals surface area contributed by atoms with Gasteiger partial charge >= 0.3 is 0 Å². The standard InChI is InChI=1S/C14H18N2O2/c1-10(5-4-8-17)15-14(18)13-9-11-6-2-3-7-12(11)16-13/h2-3,6-7,9-10,16-17H,4-5,8H2,1H3,(H,15,18). The predicted molar refractivity (Wildman–Crippen MR) is 71.5 cm³/mol. The molecular formula is C14H18N2O2. The molecule has 1 aromatic heterocycles. The lowest BCUT2D eigenvalue weighted by atomic mass is 10.2. The van der Waals surface area contributed by atoms with Crippen LogP contribution in [0.4, 0.5) is 0 Å². The number of H-pyrrole nitrogens is 1. The van der Waals surface area contributed by atoms with Gasteiger partial charge in [0.1, 0.15) is 5.69 Å². The number of aliphatic hydroxyl groups is 1. The molecule has 1 atom stereocenters. The van der Waals surface area contributed by atoms with Crippen LogP contribution in [0, 0.1) is 0 Å². The van der Waals surface area contributed by atoms with Crippen LogP contribution in [0.3, 0.4) is 0 Å². The number of rotatable bonds is 5. The van der Waals surface area contributed by atoms with Gasteiger partial charge in [0.2, 0.25) is 0 Å². The Morgan fingerprint density at radius 3 is 2.94 bits per heavy atom. The van der Waals surface area contributed by atoms with Gasteiger partial charge in [-0.2, -0.15) is 0 Å². The summed E-state index contributed by atoms with van der Waals surface area (Å²) >= 11 is 0. The van der Waals surface area contributed by atoms with E-state index in [1.165, 1.54) is 0 Å². The molecule has 0 spiro atoms. The first-order valence-electron chi connectivity index (χ1n) is 6.20. The molecule has 1 aromatic carbocycles. The Hall–Kier alpha value is -1.81. The smallest absolute Gasteiger partial charge is 0.267 e. The van der Waals surface area contributed by atoms with Crippen molar-refractivity contribution in [3.8, 4) is 0 Å². The van der Waals surface area contributed by atoms with E-state index in [0.717, 1.165) is 17.3 Å². The molecule has 4 nitrogen and oxygen atoms in total. The minimum absolute atomic E-state index is 0.0658. The highest BCUT2D eigenvalue weighted by Gasteiger charge is 2.11. The molecule has 0 radical (unpaired) electrons. The summed E-state index contributed by atoms with van der Waals surface area (Å²) in [7, 11) is 0. The Kier molecular flexibility index (Phi) is 3.99. The van der Waals surface area contributed by atoms with Crippen LogP contribution < -0.4 is 5.32 Å². The highest BCUT2D eigenvalue weighted by atomic mass is 16.2. The number of aromatic amines is 1. The first kappa shape index (κ1) is 12.6. The number of para-hydroxylation sites is 1. The molecule has 0 fully saturated rings. The molecule has 2 rings (SSSR count). The molecule has 2 aromatic rings. The molecule has 1 heterocycles. The maximum absolute atomic E-state index is 12.0. The van der Waals surface area contributed by atoms with Gasteiger partial charge in [0.05, 0.1) is 0 Å². The van der Waals surface area contributed by atoms with E-state index in [-0.39, 0.29) is 18.6 Å². The molecule has 18 heavy (non-hydrogen) atoms. The van der Waals surface area contributed by atoms with E-state index in [1.807, 2.05) is 37.3 Å². The summed E-state index contributed by atoms with van der Waals surface area (Å²) in [5.41, 5.74) is 1.54. The Morgan fingerprint density at radius 1 is 1.44 bits per heavy atom. The molecule has 3 N–H and O–H groups in total. The fraction of sp³-hybridized carbons (Fsp3) is 0.357. The normalized spacial score (nSPS) is 12.6. The molecule has 96 valence electrons. The third-order valence-corrected chi connectivity index (χ3v) is 2.95. The summed E-state index contributed by atoms with van der Waals surface area (Å²) < 4.78 is 0. The third kappa shape index (κ3) is 2.90. The number of benzene rings is 1. The SMILES string of the molecule is CC(CCCO)NC(=O)c1cc2ccccc2[nH]1. The summed E-state index contributed by atoms with van der Waals surface area (Å²) in [6, 6.07) is 9.71. The van der Waals surface area contributed by atoms with Crippen molar-refractivity contribution in [1.82, 2.24) is 10.3 Å². The topological polar surface area (TPSA) is 65.1 Å². The number of fused-ring (bicyclic) bond motifs is 1. The number of carbonyl (C=O) groups excluding carboxylic acids is 1. The minimum Gasteiger partial charge on any atom is -0.396 e. The summed E-state index contributed by atoms with van der Waals surface area (Å²) in [6.45, 7) is 2.10. The third-order valence-electron chi connectivity index (χ3n) is 2.95. The van der Waals surface area contributed by atoms with Crippen LogP contribution >= 0.6 is 0 Å². The average molecular weight is 246 g/mol. The number of hydrogen-bond acceptors (Lipinski definition) is 2. The van der Waals surface area contributed by atoms with Crippen molar-refractivity contribution >= 4 is 16.8 Å². The van der Waals surface area contributed by atoms with Gasteiger partial charge in [-0.3, -0.25) is 4.79 Å². The summed E-state index contributed by atoms with van der Waals surface area (Å²) in [5.74, 6) is -0.100. The van der Waals surface area contributed by atoms with Crippen LogP contribution in [-0.2, 0) is 0 Å². The van der Waals surface area contributed by atoms with Crippen LogP contribution in [0.1, 0.15) is 30.3 Å². The second-order valence-electron chi connectivity index (χ2n) is 4.51. The summed E-state index contributed by atoms with van der Waals surface area (Å²) in [5, 5.41) is 12.7. The van der Waals surface area contributed by atoms with E-state index < -0.39 is 0 Å². The number of nitrogens with one attached hydrogen (secondary N) is 2. The van der Waals surface area contributed by atoms with Crippen molar-refractivity contribution in [3.63, 3.8) is 0 Å². The van der Waals surface area contributed by atoms with E-state index in [9.17, 15) is 4.79 Å². The highest BCUT2D eigenvalue weighted by molar-refractivity contribution is 5.98. The van der Waals surface area contributed by atoms with Gasteiger partial charge in [-0.15, -0.1) is 0 Å². The van der Waals surface area contributed by atoms with Gasteiger partial charge in [0, 0.05) is 23.6 Å². The molecule has 1 unspecified atom stereocenters. The molecule has 1 amide bonds. The lowest BCUT2D eigenvalue weighted by molar-refractivity contribution is 0.0932. The molecule has 0 aliphatic rings. The summed E-state index contributed by atoms with van der Waals surface area (Å²) in [6.07, 6.45) is 1.48. The number of aliphatic hydroxyl groups excluding tert-OH is 1. The van der Waals surface area contributed by atoms with Crippen LogP contribution in [0.5, 0.6) is 0 Å². The highest BCUT2D eigenvalue weighted by Crippen LogP contribution is 2.14. The molecule has 0 saturated heterocycles. The predicted octanol–water partition coefficient (Wildman–Crippen LogP) is 2.06. The second kappa shape index (κ2) is 5.69. The van der Waals surface area contributed by atoms with Crippen molar-refractivity contribution in [2.75, 3.05) is 6.61 Å². The summed E-state index contributed by atoms with van der Waals surface area (Å²) in [4.78, 5) is 15.1. The van der Waals surface area contributed by atoms with Crippen molar-refractivity contribution in [1.29, 1.82) is 0 Å². The molecule has 4 heteroatoms. The zero-order valence-corrected chi connectivity index (χ0v) is 10.4. The van der Waals surface area contributed by atoms with Crippen LogP contribution in [0.15, 0.2) is 30.3 Å². The van der Waals surface area contributed by atoms with E-state index in [4.69, 9.17) is 5.11 Å². The van der Waals surface area contributed by atoms with Crippen molar-refractivity contribution in [3.05, 3.63) is 36.0 Å². The minimum atomic E-state index is -0.100. The quantitative estimate of drug-likeness (QED) is 0.756. The monoisotopic (exact) mass is 246 g/mol. The molecule has 0 aliphatic carbocycles. The van der Waals surface area contributed by atoms with Crippen molar-refractivity contribution in [2.45, 2.75) is 25.8 Å². The van der Waals surface area contributed by atoms with Crippen LogP contribution in [-0.4, -0.2) is 28.6 Å². The lowest BCUT2D eigenvalue weighted by Gasteiger charge is -2.12. The van der Waals surface area contributed by atoms with Gasteiger partial charge in [-0.25, -0.2) is 0 Å². The molecule has 0 bridgehead atoms. The largest absolute Gasteiger partial charge is 0.396 e. The van der Waals surface area contributed by atoms with Crippen LogP contribution in [0.25, 0.3) is 10.9 Å². The fourth-order valence-corrected chi connectivity index (χ4v) is 1.97. The first-order chi connectivity index (χ1) is 8.70. The Bertz CT molecular complexity index is 500. The van der Waals surface area contributed by atoms with E-state index >= 15 is 0 Å². The average Bonchev–Trinajstić information content (AvgIpc) is 2.80. The maximum atomic E-state index is 12.0. The molecular weight excluding hydrogens is 228 g/mol. The number of carbonyl (C=O) groups is 1. The zero-order chi connectivity index (χ0) is 13.0. The number of hydrogen-bond donors (Lipinski definition) is 3. The molecule has 0 aliphatic heterocycles. The van der Waals surface area contributed by atoms with Crippen LogP contribution in [0.2, 0.25) is 0 Å². The first-order valence-corrected chi connectivity index (χ1v) is 6.20. The van der Waals surface area contributed by atoms with Gasteiger partial charge in [-0.1, -0.05) is 18.2 Å². The van der Waals surface area contributed by atoms with Gasteiger partial charge in [0.15, 0.2) is 0 Å². The Morgan fingerprint density at radius 2 is 2.22 bits per heavy atom. The second-order valence-corrected chi connectivity index (χ2v) is 4.51. The Balaban J connectivity index is 2.04. The van der Waals surface area contributed by atoms with Gasteiger partial charge in [0.25, 0.3) is 5.91 Å². The van der Waals surface area contributed by atoms with Crippen molar-refractivity contribution < 1.29 is 9.90 Å². The number of amides is 1. The molecule has 0 saturated carbocycles. The Labute approximate surface area is 106 Å². The maximum Gasteiger partial charge on any atom is 0.267 e.